The van der Waals surface area contributed by atoms with Gasteiger partial charge in [0, 0.05) is 25.2 Å². The molecule has 1 N–H and O–H groups in total. The van der Waals surface area contributed by atoms with Crippen LogP contribution in [-0.4, -0.2) is 20.9 Å². The number of ether oxygens (including phenoxy) is 2. The van der Waals surface area contributed by atoms with Crippen molar-refractivity contribution in [3.63, 3.8) is 0 Å². The van der Waals surface area contributed by atoms with Gasteiger partial charge in [0.1, 0.15) is 5.65 Å². The number of benzene rings is 2. The van der Waals surface area contributed by atoms with Crippen LogP contribution >= 0.6 is 0 Å². The molecule has 0 aliphatic carbocycles. The summed E-state index contributed by atoms with van der Waals surface area (Å²) >= 11 is 0. The van der Waals surface area contributed by atoms with Crippen LogP contribution in [0.1, 0.15) is 5.56 Å². The zero-order valence-corrected chi connectivity index (χ0v) is 16.3. The Hall–Kier alpha value is -3.74. The first-order valence-electron chi connectivity index (χ1n) is 9.24. The van der Waals surface area contributed by atoms with Crippen LogP contribution in [-0.2, 0) is 14.1 Å². The number of nitrogens with one attached hydrogen (secondary N) is 1. The molecule has 2 aromatic heterocycles. The minimum absolute atomic E-state index is 0.186. The molecule has 0 bridgehead atoms. The third-order valence-electron chi connectivity index (χ3n) is 5.41. The van der Waals surface area contributed by atoms with E-state index in [1.165, 1.54) is 11.6 Å². The van der Waals surface area contributed by atoms with Gasteiger partial charge in [-0.15, -0.1) is 0 Å². The summed E-state index contributed by atoms with van der Waals surface area (Å²) in [5.41, 5.74) is 4.15. The number of rotatable bonds is 2. The molecule has 0 saturated carbocycles. The molecule has 0 unspecified atom stereocenters. The summed E-state index contributed by atoms with van der Waals surface area (Å²) in [7, 11) is 3.15. The maximum atomic E-state index is 13.1. The Labute approximate surface area is 165 Å². The zero-order valence-electron chi connectivity index (χ0n) is 16.3. The van der Waals surface area contributed by atoms with Gasteiger partial charge >= 0.3 is 5.69 Å². The van der Waals surface area contributed by atoms with Gasteiger partial charge in [0.2, 0.25) is 6.79 Å². The maximum Gasteiger partial charge on any atom is 0.332 e. The Morgan fingerprint density at radius 3 is 2.34 bits per heavy atom. The van der Waals surface area contributed by atoms with Gasteiger partial charge in [-0.1, -0.05) is 29.8 Å². The number of H-pyrrole nitrogens is 1. The Bertz CT molecular complexity index is 1390. The average molecular weight is 389 g/mol. The van der Waals surface area contributed by atoms with Gasteiger partial charge in [-0.05, 0) is 30.7 Å². The fourth-order valence-electron chi connectivity index (χ4n) is 3.80. The van der Waals surface area contributed by atoms with E-state index in [9.17, 15) is 9.59 Å². The molecule has 146 valence electrons. The monoisotopic (exact) mass is 389 g/mol. The van der Waals surface area contributed by atoms with Crippen molar-refractivity contribution in [1.82, 2.24) is 14.1 Å². The largest absolute Gasteiger partial charge is 0.454 e. The molecule has 0 fully saturated rings. The summed E-state index contributed by atoms with van der Waals surface area (Å²) in [5, 5.41) is 0.478. The fourth-order valence-corrected chi connectivity index (χ4v) is 3.80. The number of nitrogens with zero attached hydrogens (tertiary/aromatic N) is 2. The van der Waals surface area contributed by atoms with Crippen molar-refractivity contribution in [2.24, 2.45) is 14.1 Å². The minimum atomic E-state index is -0.378. The van der Waals surface area contributed by atoms with E-state index in [0.717, 1.165) is 32.5 Å². The lowest BCUT2D eigenvalue weighted by Gasteiger charge is -2.07. The van der Waals surface area contributed by atoms with Gasteiger partial charge in [0.25, 0.3) is 5.56 Å². The lowest BCUT2D eigenvalue weighted by atomic mass is 9.98. The van der Waals surface area contributed by atoms with E-state index >= 15 is 0 Å². The molecule has 0 amide bonds. The number of hydrogen-bond acceptors (Lipinski definition) is 4. The lowest BCUT2D eigenvalue weighted by molar-refractivity contribution is 0.174. The normalized spacial score (nSPS) is 12.7. The fraction of sp³-hybridized carbons (Fsp3) is 0.182. The first kappa shape index (κ1) is 17.4. The quantitative estimate of drug-likeness (QED) is 0.572. The summed E-state index contributed by atoms with van der Waals surface area (Å²) in [4.78, 5) is 28.9. The van der Waals surface area contributed by atoms with Crippen LogP contribution in [0.25, 0.3) is 33.4 Å². The van der Waals surface area contributed by atoms with E-state index < -0.39 is 0 Å². The van der Waals surface area contributed by atoms with E-state index in [1.54, 1.807) is 7.05 Å². The Balaban J connectivity index is 1.91. The molecule has 3 heterocycles. The van der Waals surface area contributed by atoms with E-state index in [1.807, 2.05) is 49.4 Å². The van der Waals surface area contributed by atoms with Crippen LogP contribution in [0.5, 0.6) is 11.5 Å². The van der Waals surface area contributed by atoms with Gasteiger partial charge in [-0.2, -0.15) is 0 Å². The van der Waals surface area contributed by atoms with Crippen LogP contribution in [0.2, 0.25) is 0 Å². The van der Waals surface area contributed by atoms with E-state index in [0.29, 0.717) is 22.5 Å². The van der Waals surface area contributed by atoms with Crippen molar-refractivity contribution in [3.05, 3.63) is 68.9 Å². The summed E-state index contributed by atoms with van der Waals surface area (Å²) in [6.07, 6.45) is 0. The van der Waals surface area contributed by atoms with Crippen molar-refractivity contribution in [2.45, 2.75) is 6.92 Å². The van der Waals surface area contributed by atoms with E-state index in [-0.39, 0.29) is 18.0 Å². The van der Waals surface area contributed by atoms with E-state index in [2.05, 4.69) is 4.98 Å². The molecule has 0 atom stereocenters. The maximum absolute atomic E-state index is 13.1. The molecule has 1 aliphatic rings. The molecular formula is C22H19N3O4. The van der Waals surface area contributed by atoms with Crippen LogP contribution in [0.15, 0.2) is 52.1 Å². The summed E-state index contributed by atoms with van der Waals surface area (Å²) in [6.45, 7) is 2.20. The molecule has 4 aromatic rings. The Morgan fingerprint density at radius 1 is 0.897 bits per heavy atom. The molecule has 0 saturated heterocycles. The Kier molecular flexibility index (Phi) is 3.67. The predicted octanol–water partition coefficient (Wildman–Crippen LogP) is 2.94. The van der Waals surface area contributed by atoms with Crippen LogP contribution in [0.4, 0.5) is 0 Å². The van der Waals surface area contributed by atoms with Crippen molar-refractivity contribution in [2.75, 3.05) is 6.79 Å². The number of fused-ring (bicyclic) bond motifs is 2. The summed E-state index contributed by atoms with van der Waals surface area (Å²) < 4.78 is 13.5. The molecule has 0 radical (unpaired) electrons. The smallest absolute Gasteiger partial charge is 0.332 e. The van der Waals surface area contributed by atoms with Gasteiger partial charge in [-0.3, -0.25) is 13.9 Å². The second-order valence-electron chi connectivity index (χ2n) is 7.24. The molecule has 0 spiro atoms. The van der Waals surface area contributed by atoms with Gasteiger partial charge in [-0.25, -0.2) is 4.79 Å². The van der Waals surface area contributed by atoms with E-state index in [4.69, 9.17) is 9.47 Å². The second kappa shape index (κ2) is 6.13. The van der Waals surface area contributed by atoms with Crippen molar-refractivity contribution in [3.8, 4) is 33.9 Å². The summed E-state index contributed by atoms with van der Waals surface area (Å²) in [5.74, 6) is 1.34. The first-order valence-corrected chi connectivity index (χ1v) is 9.24. The highest BCUT2D eigenvalue weighted by Crippen LogP contribution is 2.41. The van der Waals surface area contributed by atoms with Crippen LogP contribution < -0.4 is 20.7 Å². The lowest BCUT2D eigenvalue weighted by Crippen LogP contribution is -2.36. The highest BCUT2D eigenvalue weighted by Gasteiger charge is 2.23. The summed E-state index contributed by atoms with van der Waals surface area (Å²) in [6, 6.07) is 13.6. The highest BCUT2D eigenvalue weighted by atomic mass is 16.7. The molecule has 1 aliphatic heterocycles. The molecule has 7 heteroatoms. The van der Waals surface area contributed by atoms with Gasteiger partial charge in [0.15, 0.2) is 11.5 Å². The van der Waals surface area contributed by atoms with Crippen LogP contribution in [0.3, 0.4) is 0 Å². The number of aromatic amines is 1. The number of aryl methyl sites for hydroxylation is 2. The predicted molar refractivity (Wildman–Crippen MR) is 111 cm³/mol. The zero-order chi connectivity index (χ0) is 20.3. The highest BCUT2D eigenvalue weighted by molar-refractivity contribution is 6.02. The third-order valence-corrected chi connectivity index (χ3v) is 5.41. The minimum Gasteiger partial charge on any atom is -0.454 e. The van der Waals surface area contributed by atoms with Crippen molar-refractivity contribution >= 4 is 11.0 Å². The van der Waals surface area contributed by atoms with Crippen molar-refractivity contribution in [1.29, 1.82) is 0 Å². The molecule has 29 heavy (non-hydrogen) atoms. The topological polar surface area (TPSA) is 78.2 Å². The third kappa shape index (κ3) is 2.51. The van der Waals surface area contributed by atoms with Gasteiger partial charge < -0.3 is 14.5 Å². The second-order valence-corrected chi connectivity index (χ2v) is 7.24. The molecule has 7 nitrogen and oxygen atoms in total. The molecule has 5 rings (SSSR count). The molecule has 2 aromatic carbocycles. The van der Waals surface area contributed by atoms with Crippen molar-refractivity contribution < 1.29 is 9.47 Å². The number of hydrogen-bond donors (Lipinski definition) is 1. The van der Waals surface area contributed by atoms with Gasteiger partial charge in [0.05, 0.1) is 11.1 Å². The SMILES string of the molecule is Cc1ccc(-c2c(-c3ccc4c(c3)OCO4)[nH]c3c2c(=O)n(C)c(=O)n3C)cc1. The van der Waals surface area contributed by atoms with Crippen LogP contribution in [0, 0.1) is 6.92 Å². The molecular weight excluding hydrogens is 370 g/mol. The standard InChI is InChI=1S/C22H19N3O4/c1-12-4-6-13(7-5-12)17-18-20(24(2)22(27)25(3)21(18)26)23-19(17)14-8-9-15-16(10-14)29-11-28-15/h4-10,23H,11H2,1-3H3. The first-order chi connectivity index (χ1) is 14.0. The number of aromatic nitrogens is 3. The Morgan fingerprint density at radius 2 is 1.59 bits per heavy atom. The average Bonchev–Trinajstić information content (AvgIpc) is 3.35.